The van der Waals surface area contributed by atoms with Gasteiger partial charge in [-0.05, 0) is 53.8 Å². The van der Waals surface area contributed by atoms with E-state index in [1.165, 1.54) is 5.56 Å². The molecule has 0 saturated heterocycles. The van der Waals surface area contributed by atoms with Gasteiger partial charge < -0.3 is 9.64 Å². The Balaban J connectivity index is 1.53. The van der Waals surface area contributed by atoms with Crippen molar-refractivity contribution >= 4 is 17.5 Å². The van der Waals surface area contributed by atoms with Gasteiger partial charge in [0.15, 0.2) is 0 Å². The number of nitrogens with one attached hydrogen (secondary N) is 1. The molecule has 172 valence electrons. The third-order valence-corrected chi connectivity index (χ3v) is 6.74. The first-order valence-corrected chi connectivity index (χ1v) is 11.8. The highest BCUT2D eigenvalue weighted by molar-refractivity contribution is 6.30. The topological polar surface area (TPSA) is 58.2 Å². The summed E-state index contributed by atoms with van der Waals surface area (Å²) in [5, 5.41) is 8.23. The number of aromatic amines is 1. The van der Waals surface area contributed by atoms with Gasteiger partial charge >= 0.3 is 0 Å². The van der Waals surface area contributed by atoms with Crippen LogP contribution in [0.4, 0.5) is 0 Å². The Kier molecular flexibility index (Phi) is 6.12. The van der Waals surface area contributed by atoms with Crippen LogP contribution in [0.1, 0.15) is 45.7 Å². The lowest BCUT2D eigenvalue weighted by atomic mass is 9.95. The van der Waals surface area contributed by atoms with Crippen LogP contribution in [0.15, 0.2) is 72.8 Å². The third kappa shape index (κ3) is 4.08. The fraction of sp³-hybridized carbons (Fsp3) is 0.214. The van der Waals surface area contributed by atoms with Gasteiger partial charge in [-0.2, -0.15) is 5.10 Å². The van der Waals surface area contributed by atoms with Crippen LogP contribution in [-0.2, 0) is 12.8 Å². The number of carbonyl (C=O) groups excluding carboxylic acids is 1. The molecule has 1 atom stereocenters. The van der Waals surface area contributed by atoms with Crippen LogP contribution in [0.2, 0.25) is 5.02 Å². The van der Waals surface area contributed by atoms with Crippen molar-refractivity contribution < 1.29 is 9.53 Å². The lowest BCUT2D eigenvalue weighted by molar-refractivity contribution is 0.0746. The number of aryl methyl sites for hydroxylation is 1. The minimum absolute atomic E-state index is 0.0270. The number of hydrogen-bond acceptors (Lipinski definition) is 3. The van der Waals surface area contributed by atoms with E-state index in [1.54, 1.807) is 7.11 Å². The van der Waals surface area contributed by atoms with Crippen molar-refractivity contribution in [2.45, 2.75) is 25.8 Å². The van der Waals surface area contributed by atoms with Crippen LogP contribution in [0.25, 0.3) is 11.3 Å². The molecule has 4 aromatic rings. The van der Waals surface area contributed by atoms with Crippen LogP contribution in [0, 0.1) is 0 Å². The number of amides is 1. The molecule has 5 nitrogen and oxygen atoms in total. The number of carbonyl (C=O) groups is 1. The molecule has 2 heterocycles. The number of aromatic nitrogens is 2. The van der Waals surface area contributed by atoms with E-state index in [2.05, 4.69) is 41.4 Å². The molecule has 0 fully saturated rings. The van der Waals surface area contributed by atoms with Crippen molar-refractivity contribution in [2.24, 2.45) is 0 Å². The third-order valence-electron chi connectivity index (χ3n) is 6.49. The molecule has 1 aromatic heterocycles. The van der Waals surface area contributed by atoms with E-state index in [4.69, 9.17) is 16.3 Å². The number of benzene rings is 3. The first-order valence-electron chi connectivity index (χ1n) is 11.5. The van der Waals surface area contributed by atoms with E-state index in [9.17, 15) is 4.79 Å². The van der Waals surface area contributed by atoms with Gasteiger partial charge in [-0.3, -0.25) is 9.89 Å². The molecule has 1 unspecified atom stereocenters. The summed E-state index contributed by atoms with van der Waals surface area (Å²) in [6.07, 6.45) is 1.71. The molecule has 5 rings (SSSR count). The van der Waals surface area contributed by atoms with Crippen LogP contribution in [0.5, 0.6) is 5.75 Å². The van der Waals surface area contributed by atoms with Crippen molar-refractivity contribution in [3.63, 3.8) is 0 Å². The quantitative estimate of drug-likeness (QED) is 0.355. The summed E-state index contributed by atoms with van der Waals surface area (Å²) in [5.74, 6) is 0.796. The van der Waals surface area contributed by atoms with Crippen LogP contribution >= 0.6 is 11.6 Å². The number of nitrogens with zero attached hydrogens (tertiary/aromatic N) is 2. The second-order valence-electron chi connectivity index (χ2n) is 8.46. The molecule has 0 spiro atoms. The second kappa shape index (κ2) is 9.35. The highest BCUT2D eigenvalue weighted by Crippen LogP contribution is 2.43. The Labute approximate surface area is 204 Å². The summed E-state index contributed by atoms with van der Waals surface area (Å²) in [6.45, 7) is 2.73. The fourth-order valence-electron chi connectivity index (χ4n) is 4.58. The van der Waals surface area contributed by atoms with E-state index < -0.39 is 0 Å². The molecule has 1 aliphatic rings. The highest BCUT2D eigenvalue weighted by atomic mass is 35.5. The number of methoxy groups -OCH3 is 1. The van der Waals surface area contributed by atoms with Crippen LogP contribution in [-0.4, -0.2) is 34.7 Å². The largest absolute Gasteiger partial charge is 0.497 e. The van der Waals surface area contributed by atoms with Gasteiger partial charge in [-0.25, -0.2) is 0 Å². The molecular formula is C28H26ClN3O2. The molecule has 1 aliphatic heterocycles. The van der Waals surface area contributed by atoms with Gasteiger partial charge in [-0.15, -0.1) is 0 Å². The van der Waals surface area contributed by atoms with E-state index >= 15 is 0 Å². The molecule has 0 radical (unpaired) electrons. The molecule has 6 heteroatoms. The van der Waals surface area contributed by atoms with Crippen LogP contribution < -0.4 is 4.74 Å². The van der Waals surface area contributed by atoms with E-state index in [0.717, 1.165) is 46.5 Å². The number of ether oxygens (including phenoxy) is 1. The van der Waals surface area contributed by atoms with Gasteiger partial charge in [0.2, 0.25) is 0 Å². The van der Waals surface area contributed by atoms with Crippen molar-refractivity contribution in [2.75, 3.05) is 13.7 Å². The summed E-state index contributed by atoms with van der Waals surface area (Å²) >= 11 is 6.11. The molecule has 1 N–H and O–H groups in total. The Morgan fingerprint density at radius 1 is 0.971 bits per heavy atom. The van der Waals surface area contributed by atoms with Crippen molar-refractivity contribution in [1.29, 1.82) is 0 Å². The summed E-state index contributed by atoms with van der Waals surface area (Å²) in [6, 6.07) is 23.9. The first kappa shape index (κ1) is 22.2. The maximum absolute atomic E-state index is 13.5. The van der Waals surface area contributed by atoms with Crippen molar-refractivity contribution in [3.05, 3.63) is 106 Å². The Morgan fingerprint density at radius 2 is 1.65 bits per heavy atom. The molecule has 1 amide bonds. The smallest absolute Gasteiger partial charge is 0.273 e. The number of hydrogen-bond donors (Lipinski definition) is 1. The molecule has 0 aliphatic carbocycles. The van der Waals surface area contributed by atoms with Gasteiger partial charge in [0.1, 0.15) is 11.4 Å². The summed E-state index contributed by atoms with van der Waals surface area (Å²) in [7, 11) is 1.66. The van der Waals surface area contributed by atoms with Crippen LogP contribution in [0.3, 0.4) is 0 Å². The Bertz CT molecular complexity index is 1300. The Hall–Kier alpha value is -3.57. The average molecular weight is 472 g/mol. The minimum Gasteiger partial charge on any atom is -0.497 e. The monoisotopic (exact) mass is 471 g/mol. The molecule has 0 saturated carbocycles. The molecule has 0 bridgehead atoms. The zero-order valence-corrected chi connectivity index (χ0v) is 20.0. The lowest BCUT2D eigenvalue weighted by Gasteiger charge is -2.26. The van der Waals surface area contributed by atoms with Gasteiger partial charge in [-0.1, -0.05) is 67.1 Å². The normalized spacial score (nSPS) is 15.0. The standard InChI is InChI=1S/C28H26ClN3O2/c1-3-18-4-8-21(9-5-18)27-24-25(20-10-12-22(29)13-11-20)30-31-26(24)28(33)32(27)17-16-19-6-14-23(34-2)15-7-19/h4-15,27H,3,16-17H2,1-2H3,(H,30,31). The summed E-state index contributed by atoms with van der Waals surface area (Å²) in [4.78, 5) is 15.5. The summed E-state index contributed by atoms with van der Waals surface area (Å²) in [5.41, 5.74) is 6.70. The van der Waals surface area contributed by atoms with E-state index in [1.807, 2.05) is 53.4 Å². The Morgan fingerprint density at radius 3 is 2.29 bits per heavy atom. The van der Waals surface area contributed by atoms with Gasteiger partial charge in [0.05, 0.1) is 18.8 Å². The first-order chi connectivity index (χ1) is 16.6. The molecular weight excluding hydrogens is 446 g/mol. The predicted molar refractivity (Wildman–Crippen MR) is 134 cm³/mol. The van der Waals surface area contributed by atoms with Gasteiger partial charge in [0, 0.05) is 22.7 Å². The number of rotatable bonds is 7. The average Bonchev–Trinajstić information content (AvgIpc) is 3.42. The lowest BCUT2D eigenvalue weighted by Crippen LogP contribution is -2.31. The molecule has 3 aromatic carbocycles. The number of fused-ring (bicyclic) bond motifs is 1. The summed E-state index contributed by atoms with van der Waals surface area (Å²) < 4.78 is 5.27. The maximum Gasteiger partial charge on any atom is 0.273 e. The maximum atomic E-state index is 13.5. The zero-order valence-electron chi connectivity index (χ0n) is 19.2. The minimum atomic E-state index is -0.212. The van der Waals surface area contributed by atoms with E-state index in [0.29, 0.717) is 17.3 Å². The number of halogens is 1. The molecule has 34 heavy (non-hydrogen) atoms. The number of H-pyrrole nitrogens is 1. The SMILES string of the molecule is CCc1ccc(C2c3c(-c4ccc(Cl)cc4)n[nH]c3C(=O)N2CCc2ccc(OC)cc2)cc1. The fourth-order valence-corrected chi connectivity index (χ4v) is 4.71. The van der Waals surface area contributed by atoms with E-state index in [-0.39, 0.29) is 11.9 Å². The zero-order chi connectivity index (χ0) is 23.7. The van der Waals surface area contributed by atoms with Crippen molar-refractivity contribution in [3.8, 4) is 17.0 Å². The second-order valence-corrected chi connectivity index (χ2v) is 8.90. The highest BCUT2D eigenvalue weighted by Gasteiger charge is 2.41. The van der Waals surface area contributed by atoms with Crippen molar-refractivity contribution in [1.82, 2.24) is 15.1 Å². The predicted octanol–water partition coefficient (Wildman–Crippen LogP) is 6.09. The van der Waals surface area contributed by atoms with Gasteiger partial charge in [0.25, 0.3) is 5.91 Å².